The molecular formula is C21H27N5O3S. The Morgan fingerprint density at radius 3 is 2.23 bits per heavy atom. The molecule has 30 heavy (non-hydrogen) atoms. The van der Waals surface area contributed by atoms with Crippen molar-refractivity contribution in [1.82, 2.24) is 4.83 Å². The molecule has 0 bridgehead atoms. The molecule has 0 saturated heterocycles. The molecule has 0 aliphatic carbocycles. The van der Waals surface area contributed by atoms with Gasteiger partial charge in [0.05, 0.1) is 10.9 Å². The number of rotatable bonds is 6. The zero-order chi connectivity index (χ0) is 22.3. The summed E-state index contributed by atoms with van der Waals surface area (Å²) >= 11 is 0. The summed E-state index contributed by atoms with van der Waals surface area (Å²) in [5.74, 6) is 4.93. The van der Waals surface area contributed by atoms with Gasteiger partial charge in [0.1, 0.15) is 0 Å². The first-order valence-electron chi connectivity index (χ1n) is 9.24. The van der Waals surface area contributed by atoms with Crippen LogP contribution >= 0.6 is 0 Å². The molecule has 0 spiro atoms. The number of sulfonamides is 1. The van der Waals surface area contributed by atoms with Crippen molar-refractivity contribution in [2.45, 2.75) is 17.9 Å². The molecule has 0 fully saturated rings. The second-order valence-corrected chi connectivity index (χ2v) is 8.19. The number of hydrogen-bond acceptors (Lipinski definition) is 7. The fraction of sp³-hybridized carbons (Fsp3) is 0.190. The Hall–Kier alpha value is -2.98. The van der Waals surface area contributed by atoms with Crippen molar-refractivity contribution in [1.29, 1.82) is 0 Å². The first-order valence-corrected chi connectivity index (χ1v) is 10.7. The molecule has 0 saturated carbocycles. The fourth-order valence-corrected chi connectivity index (χ4v) is 3.72. The highest BCUT2D eigenvalue weighted by molar-refractivity contribution is 7.89. The van der Waals surface area contributed by atoms with Crippen LogP contribution in [0.1, 0.15) is 17.3 Å². The molecule has 0 amide bonds. The third-order valence-electron chi connectivity index (χ3n) is 4.45. The summed E-state index contributed by atoms with van der Waals surface area (Å²) in [6.07, 6.45) is 0. The van der Waals surface area contributed by atoms with Crippen LogP contribution in [0.15, 0.2) is 65.6 Å². The molecule has 7 N–H and O–H groups in total. The number of nitrogens with one attached hydrogen (secondary N) is 3. The van der Waals surface area contributed by atoms with Gasteiger partial charge in [-0.2, -0.15) is 4.83 Å². The smallest absolute Gasteiger partial charge is 0.253 e. The van der Waals surface area contributed by atoms with Gasteiger partial charge in [-0.15, -0.1) is 0 Å². The fourth-order valence-electron chi connectivity index (χ4n) is 2.86. The number of anilines is 2. The van der Waals surface area contributed by atoms with E-state index in [-0.39, 0.29) is 10.7 Å². The zero-order valence-corrected chi connectivity index (χ0v) is 18.0. The summed E-state index contributed by atoms with van der Waals surface area (Å²) in [4.78, 5) is 13.8. The predicted molar refractivity (Wildman–Crippen MR) is 122 cm³/mol. The van der Waals surface area contributed by atoms with Gasteiger partial charge in [-0.3, -0.25) is 10.6 Å². The average Bonchev–Trinajstić information content (AvgIpc) is 2.78. The molecule has 8 nitrogen and oxygen atoms in total. The Balaban J connectivity index is 0.000000214. The summed E-state index contributed by atoms with van der Waals surface area (Å²) in [5, 5.41) is 7.50. The summed E-state index contributed by atoms with van der Waals surface area (Å²) in [7, 11) is 0.00106. The molecular weight excluding hydrogens is 402 g/mol. The third-order valence-corrected chi connectivity index (χ3v) is 5.70. The van der Waals surface area contributed by atoms with Gasteiger partial charge in [0.2, 0.25) is 0 Å². The number of hydrazine groups is 1. The van der Waals surface area contributed by atoms with Crippen molar-refractivity contribution < 1.29 is 13.2 Å². The van der Waals surface area contributed by atoms with E-state index in [1.54, 1.807) is 38.2 Å². The minimum absolute atomic E-state index is 0.0588. The summed E-state index contributed by atoms with van der Waals surface area (Å²) in [5.41, 5.74) is 7.91. The second kappa shape index (κ2) is 10.2. The SMILES string of the molecule is CNc1ccc(NC)c(C(=O)[C@H](C)N)c1.NNS(=O)(=O)c1cccc2ccccc12. The van der Waals surface area contributed by atoms with E-state index in [2.05, 4.69) is 10.6 Å². The molecule has 1 atom stereocenters. The number of nitrogens with two attached hydrogens (primary N) is 2. The molecule has 0 unspecified atom stereocenters. The maximum Gasteiger partial charge on any atom is 0.253 e. The van der Waals surface area contributed by atoms with E-state index in [1.165, 1.54) is 6.07 Å². The van der Waals surface area contributed by atoms with Crippen molar-refractivity contribution in [3.05, 3.63) is 66.2 Å². The van der Waals surface area contributed by atoms with E-state index >= 15 is 0 Å². The standard InChI is InChI=1S/C11H17N3O.C10H10N2O2S/c1-7(12)11(15)9-6-8(13-2)4-5-10(9)14-3;11-12-15(13,14)10-7-3-5-8-4-1-2-6-9(8)10/h4-7,13-14H,12H2,1-3H3;1-7,12H,11H2/t7-;/m0./s1. The van der Waals surface area contributed by atoms with Gasteiger partial charge in [-0.25, -0.2) is 8.42 Å². The average molecular weight is 430 g/mol. The van der Waals surface area contributed by atoms with Crippen molar-refractivity contribution in [3.63, 3.8) is 0 Å². The zero-order valence-electron chi connectivity index (χ0n) is 17.1. The van der Waals surface area contributed by atoms with Gasteiger partial charge in [0, 0.05) is 36.4 Å². The predicted octanol–water partition coefficient (Wildman–Crippen LogP) is 2.29. The van der Waals surface area contributed by atoms with E-state index in [1.807, 2.05) is 42.2 Å². The van der Waals surface area contributed by atoms with E-state index < -0.39 is 16.1 Å². The van der Waals surface area contributed by atoms with E-state index in [9.17, 15) is 13.2 Å². The first-order chi connectivity index (χ1) is 14.2. The van der Waals surface area contributed by atoms with Crippen LogP contribution in [0.5, 0.6) is 0 Å². The monoisotopic (exact) mass is 429 g/mol. The third kappa shape index (κ3) is 5.33. The number of fused-ring (bicyclic) bond motifs is 1. The van der Waals surface area contributed by atoms with Gasteiger partial charge < -0.3 is 16.4 Å². The lowest BCUT2D eigenvalue weighted by molar-refractivity contribution is 0.0969. The van der Waals surface area contributed by atoms with E-state index in [0.29, 0.717) is 10.9 Å². The van der Waals surface area contributed by atoms with Gasteiger partial charge in [0.25, 0.3) is 10.0 Å². The first kappa shape index (κ1) is 23.3. The Kier molecular flexibility index (Phi) is 7.90. The molecule has 0 radical (unpaired) electrons. The molecule has 9 heteroatoms. The minimum atomic E-state index is -3.60. The van der Waals surface area contributed by atoms with Crippen molar-refractivity contribution >= 4 is 38.0 Å². The molecule has 160 valence electrons. The van der Waals surface area contributed by atoms with Crippen LogP contribution < -0.4 is 27.0 Å². The van der Waals surface area contributed by atoms with E-state index in [0.717, 1.165) is 16.8 Å². The molecule has 3 aromatic rings. The Bertz CT molecular complexity index is 1130. The largest absolute Gasteiger partial charge is 0.388 e. The second-order valence-electron chi connectivity index (χ2n) is 6.51. The maximum absolute atomic E-state index is 11.8. The Morgan fingerprint density at radius 1 is 0.967 bits per heavy atom. The molecule has 0 aliphatic rings. The van der Waals surface area contributed by atoms with Crippen LogP contribution in [0.2, 0.25) is 0 Å². The van der Waals surface area contributed by atoms with Crippen LogP contribution in [0.3, 0.4) is 0 Å². The number of Topliss-reactive ketones (excluding diaryl/α,β-unsaturated/α-hetero) is 1. The normalized spacial score (nSPS) is 11.9. The lowest BCUT2D eigenvalue weighted by Gasteiger charge is -2.12. The van der Waals surface area contributed by atoms with Crippen molar-refractivity contribution in [2.75, 3.05) is 24.7 Å². The number of carbonyl (C=O) groups is 1. The number of hydrogen-bond donors (Lipinski definition) is 5. The topological polar surface area (TPSA) is 139 Å². The lowest BCUT2D eigenvalue weighted by Crippen LogP contribution is -2.30. The van der Waals surface area contributed by atoms with Gasteiger partial charge in [-0.05, 0) is 36.6 Å². The molecule has 3 rings (SSSR count). The maximum atomic E-state index is 11.8. The van der Waals surface area contributed by atoms with Gasteiger partial charge in [-0.1, -0.05) is 36.4 Å². The molecule has 0 aliphatic heterocycles. The summed E-state index contributed by atoms with van der Waals surface area (Å²) in [6.45, 7) is 1.69. The van der Waals surface area contributed by atoms with Crippen LogP contribution in [-0.4, -0.2) is 34.3 Å². The van der Waals surface area contributed by atoms with Gasteiger partial charge >= 0.3 is 0 Å². The van der Waals surface area contributed by atoms with E-state index in [4.69, 9.17) is 11.6 Å². The highest BCUT2D eigenvalue weighted by atomic mass is 32.2. The minimum Gasteiger partial charge on any atom is -0.388 e. The van der Waals surface area contributed by atoms with Gasteiger partial charge in [0.15, 0.2) is 5.78 Å². The summed E-state index contributed by atoms with van der Waals surface area (Å²) < 4.78 is 23.2. The Labute approximate surface area is 176 Å². The number of ketones is 1. The number of benzene rings is 3. The van der Waals surface area contributed by atoms with Crippen LogP contribution in [0.4, 0.5) is 11.4 Å². The molecule has 3 aromatic carbocycles. The Morgan fingerprint density at radius 2 is 1.63 bits per heavy atom. The quantitative estimate of drug-likeness (QED) is 0.230. The molecule has 0 aromatic heterocycles. The highest BCUT2D eigenvalue weighted by Gasteiger charge is 2.15. The van der Waals surface area contributed by atoms with Crippen LogP contribution in [0.25, 0.3) is 10.8 Å². The summed E-state index contributed by atoms with van der Waals surface area (Å²) in [6, 6.07) is 17.4. The van der Waals surface area contributed by atoms with Crippen molar-refractivity contribution in [2.24, 2.45) is 11.6 Å². The highest BCUT2D eigenvalue weighted by Crippen LogP contribution is 2.22. The number of carbonyl (C=O) groups excluding carboxylic acids is 1. The van der Waals surface area contributed by atoms with Crippen LogP contribution in [0, 0.1) is 0 Å². The van der Waals surface area contributed by atoms with Crippen LogP contribution in [-0.2, 0) is 10.0 Å². The lowest BCUT2D eigenvalue weighted by atomic mass is 10.0. The molecule has 0 heterocycles. The van der Waals surface area contributed by atoms with Crippen molar-refractivity contribution in [3.8, 4) is 0 Å².